The number of alkyl halides is 2. The molecule has 0 aromatic heterocycles. The maximum atomic E-state index is 12.4. The molecule has 1 aromatic rings. The lowest BCUT2D eigenvalue weighted by atomic mass is 9.86. The molecule has 26 heavy (non-hydrogen) atoms. The molecule has 1 saturated carbocycles. The third-order valence-corrected chi connectivity index (χ3v) is 4.87. The first kappa shape index (κ1) is 20.4. The lowest BCUT2D eigenvalue weighted by Gasteiger charge is -2.29. The van der Waals surface area contributed by atoms with Crippen LogP contribution < -0.4 is 19.7 Å². The van der Waals surface area contributed by atoms with Gasteiger partial charge in [0, 0.05) is 11.6 Å². The first-order chi connectivity index (χ1) is 12.4. The van der Waals surface area contributed by atoms with Crippen LogP contribution in [0, 0.1) is 5.92 Å². The zero-order valence-corrected chi connectivity index (χ0v) is 15.7. The van der Waals surface area contributed by atoms with E-state index in [1.54, 1.807) is 12.1 Å². The van der Waals surface area contributed by atoms with Crippen molar-refractivity contribution in [1.82, 2.24) is 5.32 Å². The highest BCUT2D eigenvalue weighted by Crippen LogP contribution is 2.29. The van der Waals surface area contributed by atoms with Gasteiger partial charge in [0.1, 0.15) is 6.54 Å². The third-order valence-electron chi connectivity index (χ3n) is 4.87. The molecule has 1 aliphatic carbocycles. The predicted octanol–water partition coefficient (Wildman–Crippen LogP) is 2.01. The number of hydrogen-bond acceptors (Lipinski definition) is 3. The lowest BCUT2D eigenvalue weighted by Crippen LogP contribution is -3.09. The fraction of sp³-hybridized carbons (Fsp3) is 0.632. The summed E-state index contributed by atoms with van der Waals surface area (Å²) in [5.41, 5.74) is 0.889. The van der Waals surface area contributed by atoms with E-state index < -0.39 is 6.61 Å². The second-order valence-electron chi connectivity index (χ2n) is 7.11. The van der Waals surface area contributed by atoms with E-state index in [1.807, 2.05) is 7.05 Å². The topological polar surface area (TPSA) is 52.0 Å². The van der Waals surface area contributed by atoms with Gasteiger partial charge in [-0.25, -0.2) is 0 Å². The van der Waals surface area contributed by atoms with Crippen molar-refractivity contribution in [2.45, 2.75) is 51.8 Å². The largest absolute Gasteiger partial charge is 0.493 e. The molecule has 1 aromatic carbocycles. The number of ether oxygens (including phenoxy) is 2. The number of likely N-dealkylation sites (N-methyl/N-ethyl adjacent to an activating group) is 1. The summed E-state index contributed by atoms with van der Waals surface area (Å²) in [6, 6.07) is 5.12. The van der Waals surface area contributed by atoms with E-state index >= 15 is 0 Å². The van der Waals surface area contributed by atoms with Gasteiger partial charge >= 0.3 is 6.61 Å². The highest BCUT2D eigenvalue weighted by Gasteiger charge is 2.24. The van der Waals surface area contributed by atoms with E-state index in [2.05, 4.69) is 17.0 Å². The maximum absolute atomic E-state index is 12.4. The minimum atomic E-state index is -2.89. The number of amides is 1. The van der Waals surface area contributed by atoms with Crippen LogP contribution in [0.15, 0.2) is 18.2 Å². The smallest absolute Gasteiger partial charge is 0.387 e. The lowest BCUT2D eigenvalue weighted by molar-refractivity contribution is -0.885. The van der Waals surface area contributed by atoms with Gasteiger partial charge in [-0.3, -0.25) is 4.79 Å². The van der Waals surface area contributed by atoms with Crippen LogP contribution in [-0.2, 0) is 11.3 Å². The molecule has 0 heterocycles. The summed E-state index contributed by atoms with van der Waals surface area (Å²) < 4.78 is 34.3. The first-order valence-corrected chi connectivity index (χ1v) is 9.11. The Kier molecular flexibility index (Phi) is 7.63. The number of quaternary nitrogens is 1. The summed E-state index contributed by atoms with van der Waals surface area (Å²) in [6.07, 6.45) is 4.63. The Bertz CT molecular complexity index is 598. The SMILES string of the molecule is COc1cc(C[NH+](C)CC(=O)N[C@@H]2CCCC[C@H]2C)ccc1OC(F)F. The molecule has 0 radical (unpaired) electrons. The van der Waals surface area contributed by atoms with Crippen LogP contribution in [0.5, 0.6) is 11.5 Å². The molecular formula is C19H29F2N2O3+. The average Bonchev–Trinajstić information content (AvgIpc) is 2.57. The van der Waals surface area contributed by atoms with E-state index in [0.717, 1.165) is 16.9 Å². The second kappa shape index (κ2) is 9.71. The monoisotopic (exact) mass is 371 g/mol. The molecular weight excluding hydrogens is 342 g/mol. The molecule has 2 rings (SSSR count). The van der Waals surface area contributed by atoms with Crippen molar-refractivity contribution < 1.29 is 27.9 Å². The normalized spacial score (nSPS) is 21.3. The van der Waals surface area contributed by atoms with E-state index in [9.17, 15) is 13.6 Å². The van der Waals surface area contributed by atoms with Gasteiger partial charge < -0.3 is 19.7 Å². The van der Waals surface area contributed by atoms with Crippen molar-refractivity contribution in [2.75, 3.05) is 20.7 Å². The van der Waals surface area contributed by atoms with Crippen molar-refractivity contribution >= 4 is 5.91 Å². The number of nitrogens with one attached hydrogen (secondary N) is 2. The molecule has 1 amide bonds. The van der Waals surface area contributed by atoms with Crippen LogP contribution in [0.1, 0.15) is 38.2 Å². The summed E-state index contributed by atoms with van der Waals surface area (Å²) in [7, 11) is 3.34. The zero-order valence-electron chi connectivity index (χ0n) is 15.7. The number of hydrogen-bond donors (Lipinski definition) is 2. The zero-order chi connectivity index (χ0) is 19.1. The quantitative estimate of drug-likeness (QED) is 0.735. The molecule has 1 aliphatic rings. The molecule has 5 nitrogen and oxygen atoms in total. The minimum Gasteiger partial charge on any atom is -0.493 e. The van der Waals surface area contributed by atoms with Crippen LogP contribution in [0.25, 0.3) is 0 Å². The predicted molar refractivity (Wildman–Crippen MR) is 94.6 cm³/mol. The van der Waals surface area contributed by atoms with Gasteiger partial charge in [0.2, 0.25) is 0 Å². The molecule has 0 spiro atoms. The van der Waals surface area contributed by atoms with Gasteiger partial charge in [-0.2, -0.15) is 8.78 Å². The van der Waals surface area contributed by atoms with Gasteiger partial charge in [0.15, 0.2) is 18.0 Å². The Balaban J connectivity index is 1.88. The van der Waals surface area contributed by atoms with Crippen molar-refractivity contribution in [3.05, 3.63) is 23.8 Å². The van der Waals surface area contributed by atoms with Crippen LogP contribution in [0.2, 0.25) is 0 Å². The van der Waals surface area contributed by atoms with Gasteiger partial charge in [-0.1, -0.05) is 19.8 Å². The maximum Gasteiger partial charge on any atom is 0.387 e. The van der Waals surface area contributed by atoms with E-state index in [4.69, 9.17) is 4.74 Å². The van der Waals surface area contributed by atoms with Gasteiger partial charge in [-0.05, 0) is 37.0 Å². The van der Waals surface area contributed by atoms with E-state index in [0.29, 0.717) is 19.0 Å². The summed E-state index contributed by atoms with van der Waals surface area (Å²) in [6.45, 7) is 0.240. The molecule has 0 aliphatic heterocycles. The fourth-order valence-corrected chi connectivity index (χ4v) is 3.49. The minimum absolute atomic E-state index is 0.00734. The Morgan fingerprint density at radius 3 is 2.69 bits per heavy atom. The highest BCUT2D eigenvalue weighted by molar-refractivity contribution is 5.77. The molecule has 7 heteroatoms. The number of halogens is 2. The summed E-state index contributed by atoms with van der Waals surface area (Å²) in [5.74, 6) is 0.842. The molecule has 1 fully saturated rings. The van der Waals surface area contributed by atoms with Crippen LogP contribution in [0.3, 0.4) is 0 Å². The molecule has 0 bridgehead atoms. The molecule has 1 unspecified atom stereocenters. The number of carbonyl (C=O) groups is 1. The first-order valence-electron chi connectivity index (χ1n) is 9.11. The van der Waals surface area contributed by atoms with E-state index in [-0.39, 0.29) is 23.4 Å². The Labute approximate surface area is 153 Å². The van der Waals surface area contributed by atoms with Gasteiger partial charge in [0.25, 0.3) is 5.91 Å². The van der Waals surface area contributed by atoms with Crippen LogP contribution in [0.4, 0.5) is 8.78 Å². The molecule has 2 N–H and O–H groups in total. The fourth-order valence-electron chi connectivity index (χ4n) is 3.49. The summed E-state index contributed by atoms with van der Waals surface area (Å²) >= 11 is 0. The Morgan fingerprint density at radius 2 is 2.04 bits per heavy atom. The molecule has 146 valence electrons. The Morgan fingerprint density at radius 1 is 1.31 bits per heavy atom. The van der Waals surface area contributed by atoms with Crippen LogP contribution >= 0.6 is 0 Å². The van der Waals surface area contributed by atoms with E-state index in [1.165, 1.54) is 32.4 Å². The number of rotatable bonds is 8. The molecule has 3 atom stereocenters. The van der Waals surface area contributed by atoms with Gasteiger partial charge in [-0.15, -0.1) is 0 Å². The van der Waals surface area contributed by atoms with Crippen LogP contribution in [-0.4, -0.2) is 39.3 Å². The third kappa shape index (κ3) is 6.12. The van der Waals surface area contributed by atoms with Crippen molar-refractivity contribution in [2.24, 2.45) is 5.92 Å². The standard InChI is InChI=1S/C19H28F2N2O3/c1-13-6-4-5-7-15(13)22-18(24)12-23(2)11-14-8-9-16(26-19(20)21)17(10-14)25-3/h8-10,13,15,19H,4-7,11-12H2,1-3H3,(H,22,24)/p+1/t13-,15-/m1/s1. The summed E-state index contributed by atoms with van der Waals surface area (Å²) in [5, 5.41) is 3.15. The van der Waals surface area contributed by atoms with Crippen molar-refractivity contribution in [3.63, 3.8) is 0 Å². The number of methoxy groups -OCH3 is 1. The summed E-state index contributed by atoms with van der Waals surface area (Å²) in [4.78, 5) is 13.3. The number of benzene rings is 1. The highest BCUT2D eigenvalue weighted by atomic mass is 19.3. The van der Waals surface area contributed by atoms with Crippen molar-refractivity contribution in [1.29, 1.82) is 0 Å². The molecule has 0 saturated heterocycles. The number of carbonyl (C=O) groups excluding carboxylic acids is 1. The average molecular weight is 371 g/mol. The second-order valence-corrected chi connectivity index (χ2v) is 7.11. The van der Waals surface area contributed by atoms with Gasteiger partial charge in [0.05, 0.1) is 14.2 Å². The van der Waals surface area contributed by atoms with Crippen molar-refractivity contribution in [3.8, 4) is 11.5 Å². The Hall–Kier alpha value is -1.89.